The molecule has 0 heterocycles. The Morgan fingerprint density at radius 1 is 1.57 bits per heavy atom. The van der Waals surface area contributed by atoms with Gasteiger partial charge >= 0.3 is 5.97 Å². The number of carboxylic acid groups (broad SMARTS) is 1. The third kappa shape index (κ3) is 1.74. The van der Waals surface area contributed by atoms with Crippen LogP contribution in [0.3, 0.4) is 0 Å². The normalized spacial score (nSPS) is 30.9. The largest absolute Gasteiger partial charge is 0.481 e. The maximum atomic E-state index is 10.6. The molecule has 0 amide bonds. The van der Waals surface area contributed by atoms with Gasteiger partial charge in [-0.15, -0.1) is 0 Å². The number of carbonyl (C=O) groups is 1. The lowest BCUT2D eigenvalue weighted by atomic mass is 9.52. The van der Waals surface area contributed by atoms with Gasteiger partial charge in [0.15, 0.2) is 0 Å². The lowest BCUT2D eigenvalue weighted by Crippen LogP contribution is -2.48. The van der Waals surface area contributed by atoms with E-state index >= 15 is 0 Å². The van der Waals surface area contributed by atoms with Gasteiger partial charge in [-0.1, -0.05) is 19.0 Å². The van der Waals surface area contributed by atoms with E-state index < -0.39 is 5.97 Å². The summed E-state index contributed by atoms with van der Waals surface area (Å²) in [5, 5.41) is 20.5. The van der Waals surface area contributed by atoms with Crippen molar-refractivity contribution in [3.8, 4) is 0 Å². The number of rotatable bonds is 3. The molecule has 80 valence electrons. The predicted molar refractivity (Wildman–Crippen MR) is 52.5 cm³/mol. The molecule has 0 bridgehead atoms. The van der Waals surface area contributed by atoms with Crippen molar-refractivity contribution in [1.82, 2.24) is 0 Å². The first kappa shape index (κ1) is 11.0. The Bertz CT molecular complexity index is 271. The number of carboxylic acids is 1. The third-order valence-electron chi connectivity index (χ3n) is 3.55. The van der Waals surface area contributed by atoms with Gasteiger partial charge in [0.1, 0.15) is 0 Å². The van der Waals surface area contributed by atoms with Gasteiger partial charge in [0.05, 0.1) is 5.71 Å². The molecule has 0 radical (unpaired) electrons. The van der Waals surface area contributed by atoms with E-state index in [4.69, 9.17) is 10.3 Å². The minimum atomic E-state index is -0.750. The Labute approximate surface area is 83.6 Å². The van der Waals surface area contributed by atoms with Crippen LogP contribution >= 0.6 is 0 Å². The predicted octanol–water partition coefficient (Wildman–Crippen LogP) is 1.97. The van der Waals surface area contributed by atoms with E-state index in [9.17, 15) is 4.79 Å². The molecule has 0 aromatic carbocycles. The van der Waals surface area contributed by atoms with E-state index in [0.717, 1.165) is 6.42 Å². The summed E-state index contributed by atoms with van der Waals surface area (Å²) >= 11 is 0. The summed E-state index contributed by atoms with van der Waals surface area (Å²) in [6.45, 7) is 5.84. The van der Waals surface area contributed by atoms with Gasteiger partial charge in [0.25, 0.3) is 0 Å². The number of hydrogen-bond acceptors (Lipinski definition) is 3. The summed E-state index contributed by atoms with van der Waals surface area (Å²) in [5.74, 6) is -0.335. The molecule has 1 aliphatic rings. The van der Waals surface area contributed by atoms with E-state index in [1.165, 1.54) is 0 Å². The molecule has 0 aliphatic heterocycles. The first-order valence-electron chi connectivity index (χ1n) is 4.80. The van der Waals surface area contributed by atoms with E-state index in [1.54, 1.807) is 6.92 Å². The van der Waals surface area contributed by atoms with Crippen molar-refractivity contribution < 1.29 is 15.1 Å². The molecule has 1 saturated carbocycles. The molecule has 2 N–H and O–H groups in total. The van der Waals surface area contributed by atoms with Crippen molar-refractivity contribution in [3.63, 3.8) is 0 Å². The van der Waals surface area contributed by atoms with Crippen LogP contribution < -0.4 is 0 Å². The third-order valence-corrected chi connectivity index (χ3v) is 3.55. The van der Waals surface area contributed by atoms with Gasteiger partial charge < -0.3 is 10.3 Å². The second-order valence-corrected chi connectivity index (χ2v) is 4.65. The fourth-order valence-corrected chi connectivity index (χ4v) is 2.35. The smallest absolute Gasteiger partial charge is 0.303 e. The second kappa shape index (κ2) is 3.59. The Kier molecular flexibility index (Phi) is 2.83. The Balaban J connectivity index is 2.63. The summed E-state index contributed by atoms with van der Waals surface area (Å²) in [6.07, 6.45) is 1.03. The standard InChI is InChI=1S/C10H17NO3/c1-6(11-14)8-4-7(5-9(12)13)10(8,2)3/h7-8,14H,4-5H2,1-3H3,(H,12,13)/b11-6-/t7-,8-/m1/s1. The van der Waals surface area contributed by atoms with Crippen LogP contribution in [-0.4, -0.2) is 22.0 Å². The maximum Gasteiger partial charge on any atom is 0.303 e. The Morgan fingerprint density at radius 3 is 2.50 bits per heavy atom. The molecule has 4 heteroatoms. The average molecular weight is 199 g/mol. The summed E-state index contributed by atoms with van der Waals surface area (Å²) in [4.78, 5) is 10.6. The molecule has 1 rings (SSSR count). The van der Waals surface area contributed by atoms with Crippen molar-refractivity contribution in [1.29, 1.82) is 0 Å². The van der Waals surface area contributed by atoms with Gasteiger partial charge in [-0.25, -0.2) is 0 Å². The van der Waals surface area contributed by atoms with Crippen LogP contribution in [0.2, 0.25) is 0 Å². The maximum absolute atomic E-state index is 10.6. The number of aliphatic carboxylic acids is 1. The molecular formula is C10H17NO3. The minimum Gasteiger partial charge on any atom is -0.481 e. The fraction of sp³-hybridized carbons (Fsp3) is 0.800. The zero-order valence-corrected chi connectivity index (χ0v) is 8.82. The highest BCUT2D eigenvalue weighted by Gasteiger charge is 2.49. The van der Waals surface area contributed by atoms with Crippen molar-refractivity contribution in [2.75, 3.05) is 0 Å². The molecule has 2 atom stereocenters. The zero-order valence-electron chi connectivity index (χ0n) is 8.82. The molecular weight excluding hydrogens is 182 g/mol. The van der Waals surface area contributed by atoms with Crippen molar-refractivity contribution in [3.05, 3.63) is 0 Å². The van der Waals surface area contributed by atoms with E-state index in [2.05, 4.69) is 5.16 Å². The second-order valence-electron chi connectivity index (χ2n) is 4.65. The van der Waals surface area contributed by atoms with Crippen LogP contribution in [0, 0.1) is 17.3 Å². The molecule has 0 unspecified atom stereocenters. The van der Waals surface area contributed by atoms with Crippen LogP contribution in [0.5, 0.6) is 0 Å². The number of hydrogen-bond donors (Lipinski definition) is 2. The van der Waals surface area contributed by atoms with E-state index in [1.807, 2.05) is 13.8 Å². The van der Waals surface area contributed by atoms with Crippen molar-refractivity contribution >= 4 is 11.7 Å². The quantitative estimate of drug-likeness (QED) is 0.415. The summed E-state index contributed by atoms with van der Waals surface area (Å²) in [7, 11) is 0. The number of nitrogens with zero attached hydrogens (tertiary/aromatic N) is 1. The molecule has 0 saturated heterocycles. The Hall–Kier alpha value is -1.06. The van der Waals surface area contributed by atoms with Gasteiger partial charge in [-0.3, -0.25) is 4.79 Å². The molecule has 1 aliphatic carbocycles. The van der Waals surface area contributed by atoms with Gasteiger partial charge in [-0.2, -0.15) is 0 Å². The summed E-state index contributed by atoms with van der Waals surface area (Å²) < 4.78 is 0. The summed E-state index contributed by atoms with van der Waals surface area (Å²) in [5.41, 5.74) is 0.644. The first-order chi connectivity index (χ1) is 6.39. The molecule has 4 nitrogen and oxygen atoms in total. The lowest BCUT2D eigenvalue weighted by Gasteiger charge is -2.51. The highest BCUT2D eigenvalue weighted by atomic mass is 16.4. The number of oxime groups is 1. The SMILES string of the molecule is C/C(=N/O)[C@H]1C[C@H](CC(=O)O)C1(C)C. The van der Waals surface area contributed by atoms with Crippen LogP contribution in [0.4, 0.5) is 0 Å². The van der Waals surface area contributed by atoms with E-state index in [-0.39, 0.29) is 23.7 Å². The topological polar surface area (TPSA) is 69.9 Å². The average Bonchev–Trinajstić information content (AvgIpc) is 2.10. The molecule has 0 spiro atoms. The lowest BCUT2D eigenvalue weighted by molar-refractivity contribution is -0.142. The molecule has 1 fully saturated rings. The monoisotopic (exact) mass is 199 g/mol. The highest BCUT2D eigenvalue weighted by molar-refractivity contribution is 5.85. The molecule has 14 heavy (non-hydrogen) atoms. The van der Waals surface area contributed by atoms with Crippen molar-refractivity contribution in [2.45, 2.75) is 33.6 Å². The van der Waals surface area contributed by atoms with E-state index in [0.29, 0.717) is 5.71 Å². The van der Waals surface area contributed by atoms with Gasteiger partial charge in [0, 0.05) is 12.3 Å². The molecule has 0 aromatic heterocycles. The van der Waals surface area contributed by atoms with Crippen LogP contribution in [0.15, 0.2) is 5.16 Å². The first-order valence-corrected chi connectivity index (χ1v) is 4.80. The van der Waals surface area contributed by atoms with Crippen LogP contribution in [0.25, 0.3) is 0 Å². The van der Waals surface area contributed by atoms with Crippen molar-refractivity contribution in [2.24, 2.45) is 22.4 Å². The van der Waals surface area contributed by atoms with Crippen LogP contribution in [-0.2, 0) is 4.79 Å². The minimum absolute atomic E-state index is 0.0608. The summed E-state index contributed by atoms with van der Waals surface area (Å²) in [6, 6.07) is 0. The van der Waals surface area contributed by atoms with Crippen LogP contribution in [0.1, 0.15) is 33.6 Å². The molecule has 0 aromatic rings. The fourth-order valence-electron chi connectivity index (χ4n) is 2.35. The van der Waals surface area contributed by atoms with Gasteiger partial charge in [0.2, 0.25) is 0 Å². The van der Waals surface area contributed by atoms with Gasteiger partial charge in [-0.05, 0) is 24.7 Å². The Morgan fingerprint density at radius 2 is 2.14 bits per heavy atom. The zero-order chi connectivity index (χ0) is 10.9. The highest BCUT2D eigenvalue weighted by Crippen LogP contribution is 2.53.